The average Bonchev–Trinajstić information content (AvgIpc) is 2.40. The molecule has 0 spiro atoms. The van der Waals surface area contributed by atoms with Gasteiger partial charge in [-0.25, -0.2) is 0 Å². The van der Waals surface area contributed by atoms with Gasteiger partial charge in [0.1, 0.15) is 0 Å². The van der Waals surface area contributed by atoms with E-state index in [1.165, 1.54) is 12.8 Å². The van der Waals surface area contributed by atoms with Gasteiger partial charge in [-0.1, -0.05) is 6.92 Å². The van der Waals surface area contributed by atoms with Gasteiger partial charge in [-0.2, -0.15) is 5.10 Å². The first kappa shape index (κ1) is 12.3. The Morgan fingerprint density at radius 1 is 1.41 bits per heavy atom. The summed E-state index contributed by atoms with van der Waals surface area (Å²) in [5.41, 5.74) is 1.07. The number of aromatic nitrogens is 2. The highest BCUT2D eigenvalue weighted by atomic mass is 15.3. The van der Waals surface area contributed by atoms with Crippen LogP contribution in [0.1, 0.15) is 25.5 Å². The molecule has 1 fully saturated rings. The summed E-state index contributed by atoms with van der Waals surface area (Å²) < 4.78 is 0. The Balaban J connectivity index is 2.00. The lowest BCUT2D eigenvalue weighted by molar-refractivity contribution is 0.400. The summed E-state index contributed by atoms with van der Waals surface area (Å²) in [6, 6.07) is 4.19. The normalized spacial score (nSPS) is 20.6. The zero-order chi connectivity index (χ0) is 12.1. The average molecular weight is 234 g/mol. The summed E-state index contributed by atoms with van der Waals surface area (Å²) in [5.74, 6) is 1.77. The number of hydrogen-bond acceptors (Lipinski definition) is 4. The largest absolute Gasteiger partial charge is 0.355 e. The molecule has 0 radical (unpaired) electrons. The predicted molar refractivity (Wildman–Crippen MR) is 70.3 cm³/mol. The number of nitrogens with one attached hydrogen (secondary N) is 1. The highest BCUT2D eigenvalue weighted by Crippen LogP contribution is 2.20. The van der Waals surface area contributed by atoms with E-state index >= 15 is 0 Å². The van der Waals surface area contributed by atoms with Crippen LogP contribution in [0.15, 0.2) is 12.1 Å². The molecule has 4 nitrogen and oxygen atoms in total. The topological polar surface area (TPSA) is 41.0 Å². The Hall–Kier alpha value is -1.16. The molecule has 1 aliphatic heterocycles. The summed E-state index contributed by atoms with van der Waals surface area (Å²) in [6.45, 7) is 5.41. The van der Waals surface area contributed by atoms with E-state index in [-0.39, 0.29) is 0 Å². The van der Waals surface area contributed by atoms with Crippen LogP contribution in [-0.2, 0) is 6.42 Å². The molecule has 1 atom stereocenters. The molecular weight excluding hydrogens is 212 g/mol. The molecular formula is C13H22N4. The quantitative estimate of drug-likeness (QED) is 0.856. The third kappa shape index (κ3) is 3.16. The monoisotopic (exact) mass is 234 g/mol. The summed E-state index contributed by atoms with van der Waals surface area (Å²) in [7, 11) is 2.02. The number of hydrogen-bond donors (Lipinski definition) is 1. The Kier molecular flexibility index (Phi) is 4.31. The van der Waals surface area contributed by atoms with Crippen LogP contribution in [0.25, 0.3) is 0 Å². The van der Waals surface area contributed by atoms with Crippen molar-refractivity contribution in [3.63, 3.8) is 0 Å². The summed E-state index contributed by atoms with van der Waals surface area (Å²) in [6.07, 6.45) is 3.52. The van der Waals surface area contributed by atoms with Gasteiger partial charge in [0.05, 0.1) is 5.69 Å². The van der Waals surface area contributed by atoms with Crippen molar-refractivity contribution >= 4 is 5.82 Å². The zero-order valence-electron chi connectivity index (χ0n) is 10.8. The minimum atomic E-state index is 0.737. The van der Waals surface area contributed by atoms with Gasteiger partial charge in [0.15, 0.2) is 5.82 Å². The first-order valence-corrected chi connectivity index (χ1v) is 6.55. The maximum Gasteiger partial charge on any atom is 0.151 e. The molecule has 1 saturated heterocycles. The Labute approximate surface area is 103 Å². The van der Waals surface area contributed by atoms with Crippen molar-refractivity contribution in [3.8, 4) is 0 Å². The van der Waals surface area contributed by atoms with Crippen molar-refractivity contribution in [1.29, 1.82) is 0 Å². The maximum atomic E-state index is 4.32. The van der Waals surface area contributed by atoms with Crippen LogP contribution < -0.4 is 10.2 Å². The molecule has 0 bridgehead atoms. The van der Waals surface area contributed by atoms with E-state index in [1.54, 1.807) is 0 Å². The van der Waals surface area contributed by atoms with Crippen LogP contribution in [0.2, 0.25) is 0 Å². The van der Waals surface area contributed by atoms with E-state index in [9.17, 15) is 0 Å². The maximum absolute atomic E-state index is 4.32. The minimum absolute atomic E-state index is 0.737. The fraction of sp³-hybridized carbons (Fsp3) is 0.692. The molecule has 4 heteroatoms. The van der Waals surface area contributed by atoms with E-state index in [0.717, 1.165) is 43.5 Å². The zero-order valence-corrected chi connectivity index (χ0v) is 10.8. The number of aryl methyl sites for hydroxylation is 1. The van der Waals surface area contributed by atoms with E-state index in [4.69, 9.17) is 0 Å². The van der Waals surface area contributed by atoms with E-state index in [1.807, 2.05) is 7.05 Å². The second-order valence-electron chi connectivity index (χ2n) is 4.75. The standard InChI is InChI=1S/C13H22N4/c1-3-12-6-7-13(16-15-12)17-8-4-5-11(10-17)9-14-2/h6-7,11,14H,3-5,8-10H2,1-2H3. The van der Waals surface area contributed by atoms with Gasteiger partial charge in [-0.05, 0) is 50.9 Å². The van der Waals surface area contributed by atoms with Crippen LogP contribution in [-0.4, -0.2) is 36.9 Å². The van der Waals surface area contributed by atoms with E-state index < -0.39 is 0 Å². The van der Waals surface area contributed by atoms with Gasteiger partial charge in [0, 0.05) is 13.1 Å². The van der Waals surface area contributed by atoms with Gasteiger partial charge in [0.2, 0.25) is 0 Å². The highest BCUT2D eigenvalue weighted by Gasteiger charge is 2.20. The highest BCUT2D eigenvalue weighted by molar-refractivity contribution is 5.37. The molecule has 2 heterocycles. The van der Waals surface area contributed by atoms with Crippen LogP contribution >= 0.6 is 0 Å². The number of anilines is 1. The van der Waals surface area contributed by atoms with Crippen molar-refractivity contribution in [2.24, 2.45) is 5.92 Å². The molecule has 1 N–H and O–H groups in total. The molecule has 2 rings (SSSR count). The van der Waals surface area contributed by atoms with Crippen molar-refractivity contribution in [3.05, 3.63) is 17.8 Å². The molecule has 0 aliphatic carbocycles. The fourth-order valence-corrected chi connectivity index (χ4v) is 2.44. The second-order valence-corrected chi connectivity index (χ2v) is 4.75. The molecule has 0 amide bonds. The number of rotatable bonds is 4. The first-order valence-electron chi connectivity index (χ1n) is 6.55. The third-order valence-electron chi connectivity index (χ3n) is 3.40. The van der Waals surface area contributed by atoms with E-state index in [0.29, 0.717) is 0 Å². The third-order valence-corrected chi connectivity index (χ3v) is 3.40. The Morgan fingerprint density at radius 2 is 2.29 bits per heavy atom. The molecule has 0 saturated carbocycles. The van der Waals surface area contributed by atoms with Gasteiger partial charge in [-0.15, -0.1) is 5.10 Å². The number of piperidine rings is 1. The first-order chi connectivity index (χ1) is 8.33. The lowest BCUT2D eigenvalue weighted by atomic mass is 9.98. The lowest BCUT2D eigenvalue weighted by Gasteiger charge is -2.33. The number of nitrogens with zero attached hydrogens (tertiary/aromatic N) is 3. The summed E-state index contributed by atoms with van der Waals surface area (Å²) >= 11 is 0. The Bertz CT molecular complexity index is 334. The predicted octanol–water partition coefficient (Wildman–Crippen LogP) is 1.47. The molecule has 1 aliphatic rings. The van der Waals surface area contributed by atoms with Crippen molar-refractivity contribution in [1.82, 2.24) is 15.5 Å². The van der Waals surface area contributed by atoms with Crippen LogP contribution in [0.3, 0.4) is 0 Å². The molecule has 1 unspecified atom stereocenters. The molecule has 1 aromatic rings. The fourth-order valence-electron chi connectivity index (χ4n) is 2.44. The lowest BCUT2D eigenvalue weighted by Crippen LogP contribution is -2.39. The van der Waals surface area contributed by atoms with Crippen LogP contribution in [0.5, 0.6) is 0 Å². The van der Waals surface area contributed by atoms with E-state index in [2.05, 4.69) is 39.5 Å². The van der Waals surface area contributed by atoms with Crippen molar-refractivity contribution < 1.29 is 0 Å². The minimum Gasteiger partial charge on any atom is -0.355 e. The van der Waals surface area contributed by atoms with Gasteiger partial charge in [-0.3, -0.25) is 0 Å². The summed E-state index contributed by atoms with van der Waals surface area (Å²) in [5, 5.41) is 11.8. The van der Waals surface area contributed by atoms with Crippen molar-refractivity contribution in [2.75, 3.05) is 31.6 Å². The van der Waals surface area contributed by atoms with Crippen LogP contribution in [0, 0.1) is 5.92 Å². The second kappa shape index (κ2) is 5.96. The Morgan fingerprint density at radius 3 is 2.94 bits per heavy atom. The molecule has 1 aromatic heterocycles. The van der Waals surface area contributed by atoms with Crippen LogP contribution in [0.4, 0.5) is 5.82 Å². The molecule has 17 heavy (non-hydrogen) atoms. The van der Waals surface area contributed by atoms with Crippen molar-refractivity contribution in [2.45, 2.75) is 26.2 Å². The van der Waals surface area contributed by atoms with Gasteiger partial charge in [0.25, 0.3) is 0 Å². The van der Waals surface area contributed by atoms with Gasteiger partial charge >= 0.3 is 0 Å². The van der Waals surface area contributed by atoms with Gasteiger partial charge < -0.3 is 10.2 Å². The summed E-state index contributed by atoms with van der Waals surface area (Å²) in [4.78, 5) is 2.36. The molecule has 94 valence electrons. The SMILES string of the molecule is CCc1ccc(N2CCCC(CNC)C2)nn1. The smallest absolute Gasteiger partial charge is 0.151 e. The molecule has 0 aromatic carbocycles.